The predicted octanol–water partition coefficient (Wildman–Crippen LogP) is 7.18. The van der Waals surface area contributed by atoms with Crippen LogP contribution in [-0.2, 0) is 11.2 Å². The largest absolute Gasteiger partial charge is 0.393 e. The van der Waals surface area contributed by atoms with E-state index in [9.17, 15) is 9.90 Å². The average molecular weight is 596 g/mol. The van der Waals surface area contributed by atoms with E-state index in [1.54, 1.807) is 0 Å². The van der Waals surface area contributed by atoms with Gasteiger partial charge in [0.25, 0.3) is 5.91 Å². The Labute approximate surface area is 261 Å². The van der Waals surface area contributed by atoms with Gasteiger partial charge in [0.1, 0.15) is 0 Å². The number of nitrogens with two attached hydrogens (primary N) is 2. The van der Waals surface area contributed by atoms with Crippen LogP contribution in [0.15, 0.2) is 24.3 Å². The normalized spacial score (nSPS) is 40.5. The molecule has 6 nitrogen and oxygen atoms in total. The minimum absolute atomic E-state index is 0.0421. The van der Waals surface area contributed by atoms with Gasteiger partial charge in [0.2, 0.25) is 6.41 Å². The van der Waals surface area contributed by atoms with E-state index in [0.717, 1.165) is 36.5 Å². The van der Waals surface area contributed by atoms with Crippen molar-refractivity contribution in [3.8, 4) is 0 Å². The second-order valence-corrected chi connectivity index (χ2v) is 15.6. The first kappa shape index (κ1) is 34.0. The van der Waals surface area contributed by atoms with Gasteiger partial charge < -0.3 is 10.8 Å². The van der Waals surface area contributed by atoms with Gasteiger partial charge in [0, 0.05) is 5.56 Å². The van der Waals surface area contributed by atoms with E-state index in [-0.39, 0.29) is 23.8 Å². The number of primary amides is 1. The molecule has 5 aliphatic carbocycles. The zero-order valence-corrected chi connectivity index (χ0v) is 28.0. The molecule has 0 radical (unpaired) electrons. The Morgan fingerprint density at radius 2 is 1.63 bits per heavy atom. The van der Waals surface area contributed by atoms with Gasteiger partial charge in [0.05, 0.1) is 6.10 Å². The fourth-order valence-corrected chi connectivity index (χ4v) is 12.1. The number of amides is 2. The number of hydrogen-bond acceptors (Lipinski definition) is 4. The number of benzene rings is 1. The molecule has 5 aliphatic rings. The van der Waals surface area contributed by atoms with E-state index < -0.39 is 0 Å². The maximum atomic E-state index is 12.1. The molecule has 242 valence electrons. The van der Waals surface area contributed by atoms with Crippen LogP contribution in [0.5, 0.6) is 0 Å². The van der Waals surface area contributed by atoms with Gasteiger partial charge >= 0.3 is 0 Å². The summed E-state index contributed by atoms with van der Waals surface area (Å²) >= 11 is 0. The molecule has 0 saturated heterocycles. The van der Waals surface area contributed by atoms with Gasteiger partial charge in [-0.2, -0.15) is 0 Å². The first-order valence-corrected chi connectivity index (χ1v) is 17.4. The zero-order valence-electron chi connectivity index (χ0n) is 28.0. The Balaban J connectivity index is 0.000000798. The van der Waals surface area contributed by atoms with Crippen molar-refractivity contribution in [3.05, 3.63) is 35.4 Å². The molecule has 6 rings (SSSR count). The van der Waals surface area contributed by atoms with Crippen molar-refractivity contribution in [2.45, 2.75) is 131 Å². The fraction of sp³-hybridized carbons (Fsp3) is 0.784. The number of fused-ring (bicyclic) bond motifs is 7. The van der Waals surface area contributed by atoms with Crippen molar-refractivity contribution in [2.24, 2.45) is 62.8 Å². The summed E-state index contributed by atoms with van der Waals surface area (Å²) < 4.78 is 0. The maximum absolute atomic E-state index is 12.1. The van der Waals surface area contributed by atoms with Crippen molar-refractivity contribution in [3.63, 3.8) is 0 Å². The lowest BCUT2D eigenvalue weighted by Crippen LogP contribution is -2.63. The van der Waals surface area contributed by atoms with Crippen LogP contribution in [0.4, 0.5) is 0 Å². The van der Waals surface area contributed by atoms with Crippen molar-refractivity contribution in [1.82, 2.24) is 5.43 Å². The summed E-state index contributed by atoms with van der Waals surface area (Å²) in [6, 6.07) is 8.09. The van der Waals surface area contributed by atoms with Gasteiger partial charge in [-0.25, -0.2) is 5.84 Å². The molecule has 5 saturated carbocycles. The van der Waals surface area contributed by atoms with Crippen molar-refractivity contribution >= 4 is 12.3 Å². The number of carbonyl (C=O) groups is 2. The SMILES string of the molecule is CC.CC1(C)C(O)CCC2(C)C1CCC1(C)C3CCC4(CCc5cccc(C(=O)NN)c5)CCCC4C3CCC12.NC=O. The maximum Gasteiger partial charge on any atom is 0.265 e. The molecule has 0 aliphatic heterocycles. The van der Waals surface area contributed by atoms with Crippen LogP contribution < -0.4 is 17.0 Å². The van der Waals surface area contributed by atoms with Crippen molar-refractivity contribution in [1.29, 1.82) is 0 Å². The lowest BCUT2D eigenvalue weighted by molar-refractivity contribution is -0.214. The summed E-state index contributed by atoms with van der Waals surface area (Å²) in [5, 5.41) is 10.9. The molecule has 9 atom stereocenters. The van der Waals surface area contributed by atoms with Gasteiger partial charge in [-0.3, -0.25) is 15.0 Å². The number of rotatable bonds is 4. The summed E-state index contributed by atoms with van der Waals surface area (Å²) in [4.78, 5) is 20.7. The van der Waals surface area contributed by atoms with Crippen molar-refractivity contribution in [2.75, 3.05) is 0 Å². The number of carbonyl (C=O) groups excluding carboxylic acids is 2. The molecule has 6 N–H and O–H groups in total. The van der Waals surface area contributed by atoms with E-state index in [2.05, 4.69) is 44.9 Å². The summed E-state index contributed by atoms with van der Waals surface area (Å²) in [7, 11) is 0. The number of nitrogens with one attached hydrogen (secondary N) is 1. The molecule has 9 unspecified atom stereocenters. The van der Waals surface area contributed by atoms with Crippen molar-refractivity contribution < 1.29 is 14.7 Å². The summed E-state index contributed by atoms with van der Waals surface area (Å²) in [6.45, 7) is 14.1. The Kier molecular flexibility index (Phi) is 10.4. The number of aryl methyl sites for hydroxylation is 1. The van der Waals surface area contributed by atoms with Gasteiger partial charge in [-0.15, -0.1) is 0 Å². The number of nitrogen functional groups attached to an aromatic ring is 1. The monoisotopic (exact) mass is 595 g/mol. The molecule has 5 fully saturated rings. The second-order valence-electron chi connectivity index (χ2n) is 15.6. The van der Waals surface area contributed by atoms with Crippen LogP contribution in [0.1, 0.15) is 135 Å². The lowest BCUT2D eigenvalue weighted by Gasteiger charge is -2.69. The highest BCUT2D eigenvalue weighted by molar-refractivity contribution is 5.93. The van der Waals surface area contributed by atoms with E-state index in [0.29, 0.717) is 27.7 Å². The Morgan fingerprint density at radius 1 is 0.930 bits per heavy atom. The number of aliphatic hydroxyl groups excluding tert-OH is 1. The summed E-state index contributed by atoms with van der Waals surface area (Å²) in [5.41, 5.74) is 9.77. The molecular formula is C37H61N3O3. The fourth-order valence-electron chi connectivity index (χ4n) is 12.1. The first-order chi connectivity index (χ1) is 20.5. The Morgan fingerprint density at radius 3 is 2.33 bits per heavy atom. The standard InChI is InChI=1S/C34H52N2O2.C2H6.CH3NO/c1-31(2)27-14-17-32(3)25-13-20-34(19-12-22-7-5-8-23(21-22)30(38)36-35)16-6-9-26(34)24(25)10-11-28(32)33(27,4)18-15-29(31)37;1-2;2-1-3/h5,7-8,21,24-29,37H,6,9-20,35H2,1-4H3,(H,36,38);1-2H3;1H,(H2,2,3). The second kappa shape index (κ2) is 13.2. The van der Waals surface area contributed by atoms with Crippen LogP contribution in [0.25, 0.3) is 0 Å². The van der Waals surface area contributed by atoms with Crippen LogP contribution in [0.2, 0.25) is 0 Å². The third-order valence-corrected chi connectivity index (χ3v) is 13.9. The van der Waals surface area contributed by atoms with E-state index in [4.69, 9.17) is 10.6 Å². The van der Waals surface area contributed by atoms with Crippen LogP contribution in [0, 0.1) is 51.2 Å². The van der Waals surface area contributed by atoms with Crippen LogP contribution in [0.3, 0.4) is 0 Å². The van der Waals surface area contributed by atoms with E-state index in [1.165, 1.54) is 76.2 Å². The summed E-state index contributed by atoms with van der Waals surface area (Å²) in [5.74, 6) is 9.30. The first-order valence-electron chi connectivity index (χ1n) is 17.4. The predicted molar refractivity (Wildman–Crippen MR) is 175 cm³/mol. The minimum atomic E-state index is -0.200. The number of hydrazine groups is 1. The topological polar surface area (TPSA) is 118 Å². The quantitative estimate of drug-likeness (QED) is 0.128. The summed E-state index contributed by atoms with van der Waals surface area (Å²) in [6.07, 6.45) is 17.2. The Bertz CT molecular complexity index is 1120. The number of hydrogen-bond donors (Lipinski definition) is 4. The molecule has 0 aromatic heterocycles. The third kappa shape index (κ3) is 5.80. The molecule has 0 heterocycles. The third-order valence-electron chi connectivity index (χ3n) is 13.9. The molecule has 1 aromatic rings. The molecule has 6 heteroatoms. The Hall–Kier alpha value is -1.92. The number of aliphatic hydroxyl groups is 1. The van der Waals surface area contributed by atoms with Crippen LogP contribution in [-0.4, -0.2) is 23.5 Å². The average Bonchev–Trinajstić information content (AvgIpc) is 3.44. The highest BCUT2D eigenvalue weighted by Gasteiger charge is 2.66. The van der Waals surface area contributed by atoms with Crippen LogP contribution >= 0.6 is 0 Å². The van der Waals surface area contributed by atoms with Gasteiger partial charge in [0.15, 0.2) is 0 Å². The zero-order chi connectivity index (χ0) is 31.6. The lowest BCUT2D eigenvalue weighted by atomic mass is 9.36. The smallest absolute Gasteiger partial charge is 0.265 e. The highest BCUT2D eigenvalue weighted by atomic mass is 16.3. The molecule has 0 spiro atoms. The highest BCUT2D eigenvalue weighted by Crippen LogP contribution is 2.73. The molecular weight excluding hydrogens is 534 g/mol. The molecule has 0 bridgehead atoms. The van der Waals surface area contributed by atoms with Gasteiger partial charge in [-0.1, -0.05) is 60.1 Å². The molecule has 1 aromatic carbocycles. The molecule has 43 heavy (non-hydrogen) atoms. The molecule has 2 amide bonds. The van der Waals surface area contributed by atoms with E-state index >= 15 is 0 Å². The van der Waals surface area contributed by atoms with Gasteiger partial charge in [-0.05, 0) is 146 Å². The van der Waals surface area contributed by atoms with E-state index in [1.807, 2.05) is 32.0 Å². The minimum Gasteiger partial charge on any atom is -0.393 e.